The number of carbonyl (C=O) groups is 2. The van der Waals surface area contributed by atoms with Gasteiger partial charge in [-0.2, -0.15) is 5.10 Å². The van der Waals surface area contributed by atoms with Crippen LogP contribution < -0.4 is 16.0 Å². The molecule has 0 spiro atoms. The monoisotopic (exact) mass is 355 g/mol. The molecule has 1 aliphatic rings. The van der Waals surface area contributed by atoms with Crippen LogP contribution in [0.1, 0.15) is 12.0 Å². The fraction of sp³-hybridized carbons (Fsp3) is 0.421. The lowest BCUT2D eigenvalue weighted by Gasteiger charge is -2.28. The normalized spacial score (nSPS) is 19.7. The second kappa shape index (κ2) is 8.62. The smallest absolute Gasteiger partial charge is 0.228 e. The van der Waals surface area contributed by atoms with Crippen LogP contribution in [-0.4, -0.2) is 41.2 Å². The number of benzene rings is 1. The number of rotatable bonds is 6. The first kappa shape index (κ1) is 18.1. The van der Waals surface area contributed by atoms with Crippen molar-refractivity contribution in [3.63, 3.8) is 0 Å². The summed E-state index contributed by atoms with van der Waals surface area (Å²) >= 11 is 0. The van der Waals surface area contributed by atoms with Gasteiger partial charge in [-0.05, 0) is 31.5 Å². The molecule has 2 atom stereocenters. The van der Waals surface area contributed by atoms with Crippen LogP contribution in [0.5, 0.6) is 0 Å². The number of nitrogens with zero attached hydrogens (tertiary/aromatic N) is 2. The van der Waals surface area contributed by atoms with Gasteiger partial charge < -0.3 is 16.0 Å². The molecule has 2 heterocycles. The maximum Gasteiger partial charge on any atom is 0.228 e. The first-order valence-electron chi connectivity index (χ1n) is 8.95. The molecule has 1 aromatic heterocycles. The minimum Gasteiger partial charge on any atom is -0.354 e. The number of hydrogen-bond donors (Lipinski definition) is 3. The Kier molecular flexibility index (Phi) is 6.01. The summed E-state index contributed by atoms with van der Waals surface area (Å²) in [4.78, 5) is 24.9. The van der Waals surface area contributed by atoms with Crippen LogP contribution in [0.25, 0.3) is 0 Å². The van der Waals surface area contributed by atoms with E-state index < -0.39 is 0 Å². The minimum atomic E-state index is -0.216. The average Bonchev–Trinajstić information content (AvgIpc) is 3.17. The standard InChI is InChI=1S/C19H25N5O2/c1-14-3-5-17(6-4-14)23-19(26)16-11-15(12-20-13-16)18(25)21-8-10-24-9-2-7-22-24/h2-7,9,15-16,20H,8,10-13H2,1H3,(H,21,25)(H,23,26)/t15-,16+/m1/s1. The first-order valence-corrected chi connectivity index (χ1v) is 8.95. The van der Waals surface area contributed by atoms with Gasteiger partial charge in [0.25, 0.3) is 0 Å². The third kappa shape index (κ3) is 4.92. The van der Waals surface area contributed by atoms with Crippen molar-refractivity contribution in [1.29, 1.82) is 0 Å². The van der Waals surface area contributed by atoms with E-state index in [4.69, 9.17) is 0 Å². The second-order valence-corrected chi connectivity index (χ2v) is 6.70. The Morgan fingerprint density at radius 2 is 1.92 bits per heavy atom. The van der Waals surface area contributed by atoms with Gasteiger partial charge in [0.05, 0.1) is 18.4 Å². The maximum absolute atomic E-state index is 12.5. The highest BCUT2D eigenvalue weighted by molar-refractivity contribution is 5.93. The number of piperidine rings is 1. The van der Waals surface area contributed by atoms with E-state index >= 15 is 0 Å². The van der Waals surface area contributed by atoms with Crippen molar-refractivity contribution in [3.8, 4) is 0 Å². The molecule has 26 heavy (non-hydrogen) atoms. The van der Waals surface area contributed by atoms with Crippen LogP contribution >= 0.6 is 0 Å². The minimum absolute atomic E-state index is 0.0162. The summed E-state index contributed by atoms with van der Waals surface area (Å²) in [6.45, 7) is 4.36. The van der Waals surface area contributed by atoms with Gasteiger partial charge in [0, 0.05) is 37.7 Å². The summed E-state index contributed by atoms with van der Waals surface area (Å²) in [7, 11) is 0. The number of carbonyl (C=O) groups excluding carboxylic acids is 2. The topological polar surface area (TPSA) is 88.0 Å². The molecule has 1 aromatic carbocycles. The molecular formula is C19H25N5O2. The Morgan fingerprint density at radius 3 is 2.62 bits per heavy atom. The van der Waals surface area contributed by atoms with Gasteiger partial charge >= 0.3 is 0 Å². The van der Waals surface area contributed by atoms with Crippen LogP contribution in [0.2, 0.25) is 0 Å². The Hall–Kier alpha value is -2.67. The Morgan fingerprint density at radius 1 is 1.19 bits per heavy atom. The predicted octanol–water partition coefficient (Wildman–Crippen LogP) is 1.17. The van der Waals surface area contributed by atoms with Crippen LogP contribution in [0.3, 0.4) is 0 Å². The summed E-state index contributed by atoms with van der Waals surface area (Å²) in [5.41, 5.74) is 1.93. The van der Waals surface area contributed by atoms with E-state index in [9.17, 15) is 9.59 Å². The van der Waals surface area contributed by atoms with E-state index in [-0.39, 0.29) is 23.7 Å². The quantitative estimate of drug-likeness (QED) is 0.726. The van der Waals surface area contributed by atoms with Crippen molar-refractivity contribution in [3.05, 3.63) is 48.3 Å². The molecule has 0 aliphatic carbocycles. The van der Waals surface area contributed by atoms with Crippen LogP contribution in [0, 0.1) is 18.8 Å². The molecule has 7 nitrogen and oxygen atoms in total. The maximum atomic E-state index is 12.5. The number of hydrogen-bond acceptors (Lipinski definition) is 4. The van der Waals surface area contributed by atoms with E-state index in [2.05, 4.69) is 21.0 Å². The molecule has 0 radical (unpaired) electrons. The molecule has 2 amide bonds. The highest BCUT2D eigenvalue weighted by atomic mass is 16.2. The number of aromatic nitrogens is 2. The Labute approximate surface area is 153 Å². The lowest BCUT2D eigenvalue weighted by atomic mass is 9.89. The number of anilines is 1. The van der Waals surface area contributed by atoms with Crippen LogP contribution in [0.4, 0.5) is 5.69 Å². The van der Waals surface area contributed by atoms with E-state index in [1.54, 1.807) is 10.9 Å². The number of nitrogens with one attached hydrogen (secondary N) is 3. The van der Waals surface area contributed by atoms with Crippen molar-refractivity contribution < 1.29 is 9.59 Å². The average molecular weight is 355 g/mol. The van der Waals surface area contributed by atoms with Crippen molar-refractivity contribution in [2.45, 2.75) is 19.9 Å². The summed E-state index contributed by atoms with van der Waals surface area (Å²) in [5, 5.41) is 13.2. The predicted molar refractivity (Wildman–Crippen MR) is 99.5 cm³/mol. The van der Waals surface area contributed by atoms with Crippen molar-refractivity contribution in [2.24, 2.45) is 11.8 Å². The molecule has 1 fully saturated rings. The number of aryl methyl sites for hydroxylation is 1. The molecule has 3 N–H and O–H groups in total. The largest absolute Gasteiger partial charge is 0.354 e. The van der Waals surface area contributed by atoms with E-state index in [0.29, 0.717) is 32.6 Å². The van der Waals surface area contributed by atoms with Gasteiger partial charge in [0.1, 0.15) is 0 Å². The summed E-state index contributed by atoms with van der Waals surface area (Å²) in [6, 6.07) is 9.56. The zero-order chi connectivity index (χ0) is 18.4. The Balaban J connectivity index is 1.47. The molecule has 0 saturated carbocycles. The molecule has 3 rings (SSSR count). The molecular weight excluding hydrogens is 330 g/mol. The fourth-order valence-corrected chi connectivity index (χ4v) is 3.09. The summed E-state index contributed by atoms with van der Waals surface area (Å²) in [6.07, 6.45) is 4.13. The van der Waals surface area contributed by atoms with Crippen molar-refractivity contribution in [1.82, 2.24) is 20.4 Å². The molecule has 7 heteroatoms. The van der Waals surface area contributed by atoms with Crippen molar-refractivity contribution in [2.75, 3.05) is 25.0 Å². The van der Waals surface area contributed by atoms with Gasteiger partial charge in [0.15, 0.2) is 0 Å². The molecule has 138 valence electrons. The zero-order valence-corrected chi connectivity index (χ0v) is 14.9. The molecule has 1 aliphatic heterocycles. The van der Waals surface area contributed by atoms with Gasteiger partial charge in [-0.1, -0.05) is 17.7 Å². The third-order valence-corrected chi connectivity index (χ3v) is 4.61. The van der Waals surface area contributed by atoms with Gasteiger partial charge in [-0.15, -0.1) is 0 Å². The number of amides is 2. The third-order valence-electron chi connectivity index (χ3n) is 4.61. The van der Waals surface area contributed by atoms with Gasteiger partial charge in [-0.25, -0.2) is 0 Å². The van der Waals surface area contributed by atoms with Gasteiger partial charge in [-0.3, -0.25) is 14.3 Å². The van der Waals surface area contributed by atoms with E-state index in [1.807, 2.05) is 43.5 Å². The zero-order valence-electron chi connectivity index (χ0n) is 14.9. The van der Waals surface area contributed by atoms with Gasteiger partial charge in [0.2, 0.25) is 11.8 Å². The lowest BCUT2D eigenvalue weighted by molar-refractivity contribution is -0.127. The van der Waals surface area contributed by atoms with E-state index in [0.717, 1.165) is 11.3 Å². The first-order chi connectivity index (χ1) is 12.6. The molecule has 1 saturated heterocycles. The Bertz CT molecular complexity index is 727. The molecule has 0 unspecified atom stereocenters. The van der Waals surface area contributed by atoms with E-state index in [1.165, 1.54) is 0 Å². The van der Waals surface area contributed by atoms with Crippen molar-refractivity contribution >= 4 is 17.5 Å². The summed E-state index contributed by atoms with van der Waals surface area (Å²) < 4.78 is 1.78. The molecule has 0 bridgehead atoms. The molecule has 2 aromatic rings. The van der Waals surface area contributed by atoms with Crippen LogP contribution in [0.15, 0.2) is 42.7 Å². The summed E-state index contributed by atoms with van der Waals surface area (Å²) in [5.74, 6) is -0.477. The highest BCUT2D eigenvalue weighted by Gasteiger charge is 2.30. The SMILES string of the molecule is Cc1ccc(NC(=O)[C@@H]2CNC[C@H](C(=O)NCCn3cccn3)C2)cc1. The second-order valence-electron chi connectivity index (χ2n) is 6.70. The van der Waals surface area contributed by atoms with Crippen LogP contribution in [-0.2, 0) is 16.1 Å². The lowest BCUT2D eigenvalue weighted by Crippen LogP contribution is -2.47. The fourth-order valence-electron chi connectivity index (χ4n) is 3.09. The highest BCUT2D eigenvalue weighted by Crippen LogP contribution is 2.19.